The summed E-state index contributed by atoms with van der Waals surface area (Å²) in [5, 5.41) is 0. The largest absolute Gasteiger partial charge is 0.454 e. The molecule has 6 rings (SSSR count). The second-order valence-corrected chi connectivity index (χ2v) is 15.6. The van der Waals surface area contributed by atoms with Gasteiger partial charge in [0.2, 0.25) is 0 Å². The molecule has 0 aliphatic heterocycles. The molecular formula is C36H56F4O6. The zero-order valence-electron chi connectivity index (χ0n) is 28.6. The summed E-state index contributed by atoms with van der Waals surface area (Å²) in [6.45, 7) is 7.91. The lowest BCUT2D eigenvalue weighted by Crippen LogP contribution is -2.66. The molecule has 0 heterocycles. The maximum absolute atomic E-state index is 15.9. The van der Waals surface area contributed by atoms with E-state index in [2.05, 4.69) is 0 Å². The van der Waals surface area contributed by atoms with Gasteiger partial charge in [0.15, 0.2) is 0 Å². The van der Waals surface area contributed by atoms with Crippen LogP contribution in [0, 0.1) is 47.3 Å². The molecule has 46 heavy (non-hydrogen) atoms. The van der Waals surface area contributed by atoms with Crippen LogP contribution in [0.25, 0.3) is 0 Å². The van der Waals surface area contributed by atoms with E-state index in [1.165, 1.54) is 0 Å². The zero-order valence-corrected chi connectivity index (χ0v) is 28.6. The van der Waals surface area contributed by atoms with Crippen LogP contribution >= 0.6 is 0 Å². The quantitative estimate of drug-likeness (QED) is 0.138. The van der Waals surface area contributed by atoms with Crippen molar-refractivity contribution >= 4 is 11.9 Å². The fourth-order valence-electron chi connectivity index (χ4n) is 11.0. The number of rotatable bonds is 14. The Balaban J connectivity index is 1.39. The van der Waals surface area contributed by atoms with Gasteiger partial charge in [-0.25, -0.2) is 9.59 Å². The van der Waals surface area contributed by atoms with Gasteiger partial charge < -0.3 is 18.9 Å². The molecule has 6 aliphatic carbocycles. The number of alkyl halides is 4. The van der Waals surface area contributed by atoms with E-state index in [1.807, 2.05) is 27.7 Å². The monoisotopic (exact) mass is 660 g/mol. The number of esters is 2. The number of carbonyl (C=O) groups excluding carboxylic acids is 2. The van der Waals surface area contributed by atoms with Crippen molar-refractivity contribution in [1.29, 1.82) is 0 Å². The van der Waals surface area contributed by atoms with Gasteiger partial charge in [-0.3, -0.25) is 0 Å². The zero-order chi connectivity index (χ0) is 33.7. The third kappa shape index (κ3) is 5.81. The predicted molar refractivity (Wildman–Crippen MR) is 164 cm³/mol. The molecule has 6 atom stereocenters. The van der Waals surface area contributed by atoms with E-state index in [0.29, 0.717) is 70.6 Å². The summed E-state index contributed by atoms with van der Waals surface area (Å²) < 4.78 is 86.1. The topological polar surface area (TPSA) is 71.1 Å². The lowest BCUT2D eigenvalue weighted by Gasteiger charge is -2.62. The van der Waals surface area contributed by atoms with Crippen molar-refractivity contribution in [2.24, 2.45) is 47.3 Å². The summed E-state index contributed by atoms with van der Waals surface area (Å²) in [6.07, 6.45) is 8.70. The molecule has 0 N–H and O–H groups in total. The summed E-state index contributed by atoms with van der Waals surface area (Å²) in [6, 6.07) is 0. The minimum absolute atomic E-state index is 0.0555. The molecule has 0 aromatic carbocycles. The second kappa shape index (κ2) is 13.5. The van der Waals surface area contributed by atoms with E-state index >= 15 is 17.6 Å². The highest BCUT2D eigenvalue weighted by Gasteiger charge is 2.73. The standard InChI is InChI=1S/C36H56F4O6/c1-7-9-13-33(27-16-24-17-28(33)19-25(18-27)30(24)44-6)45-31(41)35(37,38)36(39,40)32(42)46-34(14-10-8-2)26-12-11-21(3)29(34)20-23(15-26)22(4)43-5/h21-30H,7-20H2,1-6H3. The molecule has 0 spiro atoms. The smallest absolute Gasteiger partial charge is 0.415 e. The van der Waals surface area contributed by atoms with Crippen LogP contribution in [0.2, 0.25) is 0 Å². The van der Waals surface area contributed by atoms with E-state index in [0.717, 1.165) is 19.3 Å². The Labute approximate surface area is 272 Å². The van der Waals surface area contributed by atoms with E-state index in [1.54, 1.807) is 14.2 Å². The van der Waals surface area contributed by atoms with Gasteiger partial charge in [0.1, 0.15) is 11.2 Å². The van der Waals surface area contributed by atoms with Crippen molar-refractivity contribution in [3.05, 3.63) is 0 Å². The van der Waals surface area contributed by atoms with E-state index in [4.69, 9.17) is 18.9 Å². The first kappa shape index (κ1) is 35.9. The molecule has 0 aromatic heterocycles. The molecule has 6 nitrogen and oxygen atoms in total. The summed E-state index contributed by atoms with van der Waals surface area (Å²) in [5.41, 5.74) is -2.53. The predicted octanol–water partition coefficient (Wildman–Crippen LogP) is 8.39. The molecular weight excluding hydrogens is 604 g/mol. The first-order chi connectivity index (χ1) is 21.7. The fraction of sp³-hybridized carbons (Fsp3) is 0.944. The highest BCUT2D eigenvalue weighted by atomic mass is 19.3. The second-order valence-electron chi connectivity index (χ2n) is 15.6. The van der Waals surface area contributed by atoms with Crippen molar-refractivity contribution in [2.75, 3.05) is 14.2 Å². The molecule has 6 unspecified atom stereocenters. The lowest BCUT2D eigenvalue weighted by atomic mass is 9.48. The summed E-state index contributed by atoms with van der Waals surface area (Å²) in [4.78, 5) is 26.8. The molecule has 6 fully saturated rings. The van der Waals surface area contributed by atoms with Crippen LogP contribution in [0.15, 0.2) is 0 Å². The van der Waals surface area contributed by atoms with Gasteiger partial charge in [0, 0.05) is 20.1 Å². The number of fused-ring (bicyclic) bond motifs is 2. The Hall–Kier alpha value is -1.42. The van der Waals surface area contributed by atoms with Crippen molar-refractivity contribution in [3.8, 4) is 0 Å². The van der Waals surface area contributed by atoms with Crippen molar-refractivity contribution < 1.29 is 46.1 Å². The SMILES string of the molecule is CCCCC1(OC(=O)C(F)(F)C(F)(F)C(=O)OC2(CCCC)C3CCC(C)C2CC(C(C)OC)C3)C2CC3CC1CC(C2)C3OC. The number of ether oxygens (including phenoxy) is 4. The third-order valence-electron chi connectivity index (χ3n) is 13.4. The minimum Gasteiger partial charge on any atom is -0.454 e. The third-order valence-corrected chi connectivity index (χ3v) is 13.4. The van der Waals surface area contributed by atoms with Gasteiger partial charge in [-0.1, -0.05) is 33.6 Å². The highest BCUT2D eigenvalue weighted by molar-refractivity contribution is 5.90. The van der Waals surface area contributed by atoms with E-state index < -0.39 is 35.0 Å². The Morgan fingerprint density at radius 3 is 1.74 bits per heavy atom. The number of carbonyl (C=O) groups is 2. The van der Waals surface area contributed by atoms with Crippen LogP contribution in [-0.2, 0) is 28.5 Å². The summed E-state index contributed by atoms with van der Waals surface area (Å²) >= 11 is 0. The molecule has 264 valence electrons. The van der Waals surface area contributed by atoms with Crippen LogP contribution < -0.4 is 0 Å². The number of halogens is 4. The first-order valence-corrected chi connectivity index (χ1v) is 18.0. The first-order valence-electron chi connectivity index (χ1n) is 18.0. The maximum atomic E-state index is 15.9. The Morgan fingerprint density at radius 2 is 1.26 bits per heavy atom. The van der Waals surface area contributed by atoms with Gasteiger partial charge in [0.25, 0.3) is 0 Å². The maximum Gasteiger partial charge on any atom is 0.415 e. The van der Waals surface area contributed by atoms with Crippen molar-refractivity contribution in [2.45, 2.75) is 153 Å². The summed E-state index contributed by atoms with van der Waals surface area (Å²) in [7, 11) is 3.32. The number of hydrogen-bond donors (Lipinski definition) is 0. The number of methoxy groups -OCH3 is 2. The molecule has 6 saturated carbocycles. The summed E-state index contributed by atoms with van der Waals surface area (Å²) in [5.74, 6) is -15.6. The molecule has 0 saturated heterocycles. The van der Waals surface area contributed by atoms with Gasteiger partial charge >= 0.3 is 23.8 Å². The average Bonchev–Trinajstić information content (AvgIpc) is 3.01. The fourth-order valence-corrected chi connectivity index (χ4v) is 11.0. The molecule has 0 aromatic rings. The molecule has 0 amide bonds. The normalized spacial score (nSPS) is 40.9. The van der Waals surface area contributed by atoms with E-state index in [9.17, 15) is 9.59 Å². The minimum atomic E-state index is -5.38. The number of hydrogen-bond acceptors (Lipinski definition) is 6. The van der Waals surface area contributed by atoms with Crippen LogP contribution in [0.3, 0.4) is 0 Å². The van der Waals surface area contributed by atoms with Crippen molar-refractivity contribution in [1.82, 2.24) is 0 Å². The Morgan fingerprint density at radius 1 is 0.761 bits per heavy atom. The molecule has 6 bridgehead atoms. The lowest BCUT2D eigenvalue weighted by molar-refractivity contribution is -0.277. The molecule has 10 heteroatoms. The van der Waals surface area contributed by atoms with Crippen LogP contribution in [0.4, 0.5) is 17.6 Å². The molecule has 6 aliphatic rings. The van der Waals surface area contributed by atoms with Crippen molar-refractivity contribution in [3.63, 3.8) is 0 Å². The number of unbranched alkanes of at least 4 members (excludes halogenated alkanes) is 2. The molecule has 0 radical (unpaired) electrons. The van der Waals surface area contributed by atoms with Crippen LogP contribution in [-0.4, -0.2) is 61.4 Å². The van der Waals surface area contributed by atoms with Gasteiger partial charge in [-0.2, -0.15) is 17.6 Å². The van der Waals surface area contributed by atoms with Gasteiger partial charge in [-0.05, 0) is 125 Å². The van der Waals surface area contributed by atoms with Gasteiger partial charge in [-0.15, -0.1) is 0 Å². The average molecular weight is 661 g/mol. The van der Waals surface area contributed by atoms with E-state index in [-0.39, 0.29) is 59.6 Å². The highest BCUT2D eigenvalue weighted by Crippen LogP contribution is 2.62. The van der Waals surface area contributed by atoms with Crippen LogP contribution in [0.5, 0.6) is 0 Å². The van der Waals surface area contributed by atoms with Gasteiger partial charge in [0.05, 0.1) is 12.2 Å². The Bertz CT molecular complexity index is 1070. The van der Waals surface area contributed by atoms with Crippen LogP contribution in [0.1, 0.15) is 118 Å². The Kier molecular flexibility index (Phi) is 10.5.